The van der Waals surface area contributed by atoms with Crippen LogP contribution in [0.15, 0.2) is 83.7 Å². The Morgan fingerprint density at radius 2 is 1.55 bits per heavy atom. The highest BCUT2D eigenvalue weighted by atomic mass is 35.5. The molecule has 1 aliphatic rings. The van der Waals surface area contributed by atoms with Crippen molar-refractivity contribution in [3.05, 3.63) is 105 Å². The molecule has 0 bridgehead atoms. The van der Waals surface area contributed by atoms with Crippen LogP contribution in [0.3, 0.4) is 0 Å². The number of ketones is 1. The summed E-state index contributed by atoms with van der Waals surface area (Å²) in [7, 11) is 0. The van der Waals surface area contributed by atoms with E-state index in [-0.39, 0.29) is 37.3 Å². The topological polar surface area (TPSA) is 160 Å². The summed E-state index contributed by atoms with van der Waals surface area (Å²) in [4.78, 5) is 54.9. The van der Waals surface area contributed by atoms with Crippen LogP contribution in [0.1, 0.15) is 48.2 Å². The molecular formula is C38H36ClF3N8O4S. The summed E-state index contributed by atoms with van der Waals surface area (Å²) in [5.74, 6) is -1.73. The zero-order valence-corrected chi connectivity index (χ0v) is 31.2. The van der Waals surface area contributed by atoms with Crippen molar-refractivity contribution >= 4 is 58.1 Å². The zero-order chi connectivity index (χ0) is 39.2. The Kier molecular flexibility index (Phi) is 11.7. The molecule has 0 spiro atoms. The number of nitrogens with one attached hydrogen (secondary N) is 4. The zero-order valence-electron chi connectivity index (χ0n) is 29.7. The molecule has 1 aliphatic carbocycles. The first-order chi connectivity index (χ1) is 26.2. The molecule has 1 saturated carbocycles. The maximum Gasteiger partial charge on any atom is 0.422 e. The van der Waals surface area contributed by atoms with Gasteiger partial charge in [0.2, 0.25) is 17.7 Å². The fraction of sp³-hybridized carbons (Fsp3) is 0.289. The number of carbonyl (C=O) groups excluding carboxylic acids is 3. The van der Waals surface area contributed by atoms with Crippen molar-refractivity contribution in [2.75, 3.05) is 30.3 Å². The van der Waals surface area contributed by atoms with Gasteiger partial charge >= 0.3 is 12.2 Å². The van der Waals surface area contributed by atoms with Gasteiger partial charge in [-0.05, 0) is 65.8 Å². The van der Waals surface area contributed by atoms with E-state index in [0.29, 0.717) is 21.8 Å². The maximum atomic E-state index is 13.0. The highest BCUT2D eigenvalue weighted by molar-refractivity contribution is 7.07. The van der Waals surface area contributed by atoms with Crippen molar-refractivity contribution in [1.82, 2.24) is 30.6 Å². The number of nitrogens with zero attached hydrogens (tertiary/aromatic N) is 4. The lowest BCUT2D eigenvalue weighted by atomic mass is 9.93. The molecule has 5 aromatic rings. The largest absolute Gasteiger partial charge is 0.454 e. The number of alkyl halides is 3. The normalized spacial score (nSPS) is 13.4. The summed E-state index contributed by atoms with van der Waals surface area (Å²) < 4.78 is 43.7. The van der Waals surface area contributed by atoms with Gasteiger partial charge in [0.15, 0.2) is 6.61 Å². The Balaban J connectivity index is 1.01. The van der Waals surface area contributed by atoms with E-state index in [1.165, 1.54) is 11.3 Å². The van der Waals surface area contributed by atoms with E-state index < -0.39 is 41.4 Å². The predicted octanol–water partition coefficient (Wildman–Crippen LogP) is 7.12. The minimum absolute atomic E-state index is 0.0129. The van der Waals surface area contributed by atoms with Crippen molar-refractivity contribution in [3.63, 3.8) is 0 Å². The first-order valence-corrected chi connectivity index (χ1v) is 18.4. The number of benzene rings is 3. The van der Waals surface area contributed by atoms with Crippen molar-refractivity contribution in [2.24, 2.45) is 5.41 Å². The van der Waals surface area contributed by atoms with E-state index in [2.05, 4.69) is 41.2 Å². The number of Topliss-reactive ketones (excluding diaryl/α,β-unsaturated/α-hetero) is 1. The molecule has 55 heavy (non-hydrogen) atoms. The Bertz CT molecular complexity index is 2130. The summed E-state index contributed by atoms with van der Waals surface area (Å²) in [5.41, 5.74) is 4.79. The molecule has 0 radical (unpaired) electrons. The second kappa shape index (κ2) is 16.4. The van der Waals surface area contributed by atoms with E-state index in [9.17, 15) is 27.6 Å². The molecule has 2 aromatic heterocycles. The second-order valence-electron chi connectivity index (χ2n) is 13.8. The van der Waals surface area contributed by atoms with Crippen LogP contribution in [0.25, 0.3) is 11.3 Å². The third-order valence-corrected chi connectivity index (χ3v) is 9.47. The first-order valence-electron chi connectivity index (χ1n) is 17.1. The van der Waals surface area contributed by atoms with Crippen LogP contribution in [0.2, 0.25) is 5.02 Å². The Hall–Kier alpha value is -5.61. The molecular weight excluding hydrogens is 757 g/mol. The lowest BCUT2D eigenvalue weighted by Gasteiger charge is -2.25. The van der Waals surface area contributed by atoms with Gasteiger partial charge in [-0.2, -0.15) is 28.1 Å². The van der Waals surface area contributed by atoms with Crippen LogP contribution in [0.4, 0.5) is 30.8 Å². The number of hydrogen-bond donors (Lipinski definition) is 4. The molecule has 2 heterocycles. The highest BCUT2D eigenvalue weighted by Crippen LogP contribution is 2.48. The van der Waals surface area contributed by atoms with Crippen LogP contribution in [-0.4, -0.2) is 63.4 Å². The van der Waals surface area contributed by atoms with Gasteiger partial charge in [-0.1, -0.05) is 61.8 Å². The van der Waals surface area contributed by atoms with Gasteiger partial charge in [-0.3, -0.25) is 14.4 Å². The molecule has 4 N–H and O–H groups in total. The van der Waals surface area contributed by atoms with E-state index >= 15 is 0 Å². The molecule has 0 aliphatic heterocycles. The van der Waals surface area contributed by atoms with Gasteiger partial charge in [0, 0.05) is 46.7 Å². The molecule has 12 nitrogen and oxygen atoms in total. The molecule has 0 unspecified atom stereocenters. The van der Waals surface area contributed by atoms with Crippen LogP contribution in [-0.2, 0) is 21.5 Å². The van der Waals surface area contributed by atoms with Crippen LogP contribution in [0.5, 0.6) is 6.01 Å². The number of halogens is 4. The number of hydrogen-bond acceptors (Lipinski definition) is 11. The number of thiazole rings is 1. The van der Waals surface area contributed by atoms with Crippen molar-refractivity contribution < 1.29 is 32.3 Å². The van der Waals surface area contributed by atoms with E-state index in [1.54, 1.807) is 54.0 Å². The molecule has 17 heteroatoms. The minimum atomic E-state index is -4.61. The average Bonchev–Trinajstić information content (AvgIpc) is 3.71. The maximum absolute atomic E-state index is 13.0. The van der Waals surface area contributed by atoms with Crippen LogP contribution >= 0.6 is 22.9 Å². The SMILES string of the molecule is CC(C)(CNC(=O)C(=O)Cc1ccc(-c2cscn2)cc1)CNC(=O)c1ccc(Nc2nc(NC3(c4ccc(Cl)cc4)CC3)nc(OCC(F)(F)F)n2)cc1. The quantitative estimate of drug-likeness (QED) is 0.0758. The molecule has 0 saturated heterocycles. The Labute approximate surface area is 323 Å². The predicted molar refractivity (Wildman–Crippen MR) is 202 cm³/mol. The lowest BCUT2D eigenvalue weighted by molar-refractivity contribution is -0.154. The van der Waals surface area contributed by atoms with Crippen LogP contribution < -0.4 is 26.0 Å². The number of anilines is 3. The molecule has 0 atom stereocenters. The summed E-state index contributed by atoms with van der Waals surface area (Å²) in [6.07, 6.45) is -3.18. The third kappa shape index (κ3) is 11.0. The lowest BCUT2D eigenvalue weighted by Crippen LogP contribution is -2.44. The van der Waals surface area contributed by atoms with E-state index in [1.807, 2.05) is 43.5 Å². The number of aromatic nitrogens is 4. The standard InChI is InChI=1S/C38H36ClF3N8O4S/c1-36(2,20-44-32(53)30(51)17-23-3-5-24(6-4-23)29-18-55-22-45-29)19-43-31(52)25-7-13-28(14-8-25)46-33-47-34(49-35(48-33)54-21-38(40,41)42)50-37(15-16-37)26-9-11-27(39)12-10-26/h3-14,18,22H,15-17,19-21H2,1-2H3,(H,43,52)(H,44,53)(H2,46,47,48,49,50). The number of amides is 2. The minimum Gasteiger partial charge on any atom is -0.454 e. The van der Waals surface area contributed by atoms with Gasteiger partial charge < -0.3 is 26.0 Å². The van der Waals surface area contributed by atoms with E-state index in [4.69, 9.17) is 16.3 Å². The Morgan fingerprint density at radius 1 is 0.873 bits per heavy atom. The molecule has 2 amide bonds. The molecule has 1 fully saturated rings. The van der Waals surface area contributed by atoms with Crippen LogP contribution in [0, 0.1) is 5.41 Å². The summed E-state index contributed by atoms with van der Waals surface area (Å²) in [6, 6.07) is 20.3. The highest BCUT2D eigenvalue weighted by Gasteiger charge is 2.45. The third-order valence-electron chi connectivity index (χ3n) is 8.64. The van der Waals surface area contributed by atoms with Gasteiger partial charge in [-0.15, -0.1) is 11.3 Å². The summed E-state index contributed by atoms with van der Waals surface area (Å²) in [6.45, 7) is 2.42. The van der Waals surface area contributed by atoms with Gasteiger partial charge in [-0.25, -0.2) is 4.98 Å². The smallest absolute Gasteiger partial charge is 0.422 e. The summed E-state index contributed by atoms with van der Waals surface area (Å²) in [5, 5.41) is 14.2. The average molecular weight is 793 g/mol. The Morgan fingerprint density at radius 3 is 2.18 bits per heavy atom. The van der Waals surface area contributed by atoms with E-state index in [0.717, 1.165) is 29.7 Å². The number of rotatable bonds is 16. The molecule has 6 rings (SSSR count). The summed E-state index contributed by atoms with van der Waals surface area (Å²) >= 11 is 7.53. The van der Waals surface area contributed by atoms with Gasteiger partial charge in [0.25, 0.3) is 11.8 Å². The fourth-order valence-electron chi connectivity index (χ4n) is 5.42. The van der Waals surface area contributed by atoms with Gasteiger partial charge in [0.1, 0.15) is 0 Å². The van der Waals surface area contributed by atoms with Gasteiger partial charge in [0.05, 0.1) is 16.7 Å². The number of ether oxygens (including phenoxy) is 1. The van der Waals surface area contributed by atoms with Crippen molar-refractivity contribution in [2.45, 2.75) is 44.8 Å². The molecule has 286 valence electrons. The fourth-order valence-corrected chi connectivity index (χ4v) is 6.11. The monoisotopic (exact) mass is 792 g/mol. The van der Waals surface area contributed by atoms with Crippen molar-refractivity contribution in [1.29, 1.82) is 0 Å². The number of carbonyl (C=O) groups is 3. The second-order valence-corrected chi connectivity index (χ2v) is 14.9. The molecule has 3 aromatic carbocycles. The first kappa shape index (κ1) is 39.1. The van der Waals surface area contributed by atoms with Crippen molar-refractivity contribution in [3.8, 4) is 17.3 Å².